The fraction of sp³-hybridized carbons (Fsp3) is 0.435. The molecule has 1 aliphatic carbocycles. The second-order valence-electron chi connectivity index (χ2n) is 7.58. The Labute approximate surface area is 162 Å². The molecule has 4 nitrogen and oxygen atoms in total. The second kappa shape index (κ2) is 8.03. The minimum Gasteiger partial charge on any atom is -0.497 e. The Morgan fingerprint density at radius 2 is 1.44 bits per heavy atom. The average Bonchev–Trinajstić information content (AvgIpc) is 3.06. The predicted octanol–water partition coefficient (Wildman–Crippen LogP) is 4.07. The van der Waals surface area contributed by atoms with Crippen LogP contribution in [-0.4, -0.2) is 42.1 Å². The van der Waals surface area contributed by atoms with Crippen molar-refractivity contribution in [1.29, 1.82) is 0 Å². The molecule has 0 N–H and O–H groups in total. The fourth-order valence-electron chi connectivity index (χ4n) is 4.43. The summed E-state index contributed by atoms with van der Waals surface area (Å²) in [6.07, 6.45) is 7.62. The molecule has 4 rings (SSSR count). The molecular weight excluding hydrogens is 336 g/mol. The summed E-state index contributed by atoms with van der Waals surface area (Å²) in [6, 6.07) is 18.2. The molecule has 1 fully saturated rings. The van der Waals surface area contributed by atoms with E-state index >= 15 is 0 Å². The van der Waals surface area contributed by atoms with Crippen molar-refractivity contribution in [3.05, 3.63) is 59.7 Å². The van der Waals surface area contributed by atoms with Crippen molar-refractivity contribution in [3.63, 3.8) is 0 Å². The molecule has 4 heteroatoms. The van der Waals surface area contributed by atoms with Gasteiger partial charge in [0.2, 0.25) is 6.34 Å². The monoisotopic (exact) mass is 365 g/mol. The van der Waals surface area contributed by atoms with Gasteiger partial charge in [-0.25, -0.2) is 0 Å². The van der Waals surface area contributed by atoms with E-state index in [1.807, 2.05) is 0 Å². The number of fused-ring (bicyclic) bond motifs is 1. The minimum atomic E-state index is 0.624. The van der Waals surface area contributed by atoms with Crippen LogP contribution in [0.4, 0.5) is 0 Å². The summed E-state index contributed by atoms with van der Waals surface area (Å²) in [5.41, 5.74) is 2.67. The van der Waals surface area contributed by atoms with E-state index in [2.05, 4.69) is 64.3 Å². The maximum atomic E-state index is 5.29. The lowest BCUT2D eigenvalue weighted by Gasteiger charge is -2.27. The topological polar surface area (TPSA) is 24.7 Å². The van der Waals surface area contributed by atoms with E-state index in [9.17, 15) is 0 Å². The molecule has 0 amide bonds. The Morgan fingerprint density at radius 1 is 0.852 bits per heavy atom. The van der Waals surface area contributed by atoms with Gasteiger partial charge in [-0.2, -0.15) is 0 Å². The Hall–Kier alpha value is -2.49. The summed E-state index contributed by atoms with van der Waals surface area (Å²) in [6.45, 7) is 1.93. The zero-order chi connectivity index (χ0) is 18.6. The molecule has 0 spiro atoms. The molecule has 2 aromatic carbocycles. The van der Waals surface area contributed by atoms with Gasteiger partial charge >= 0.3 is 0 Å². The maximum absolute atomic E-state index is 5.29. The van der Waals surface area contributed by atoms with E-state index in [-0.39, 0.29) is 0 Å². The molecule has 2 atom stereocenters. The van der Waals surface area contributed by atoms with E-state index < -0.39 is 0 Å². The van der Waals surface area contributed by atoms with Crippen LogP contribution >= 0.6 is 0 Å². The quantitative estimate of drug-likeness (QED) is 0.722. The van der Waals surface area contributed by atoms with E-state index in [1.54, 1.807) is 14.2 Å². The first-order valence-electron chi connectivity index (χ1n) is 9.89. The summed E-state index contributed by atoms with van der Waals surface area (Å²) in [5, 5.41) is 0. The largest absolute Gasteiger partial charge is 0.497 e. The number of benzene rings is 2. The third-order valence-electron chi connectivity index (χ3n) is 5.89. The van der Waals surface area contributed by atoms with E-state index in [0.29, 0.717) is 12.1 Å². The Bertz CT molecular complexity index is 783. The molecule has 2 aromatic rings. The zero-order valence-corrected chi connectivity index (χ0v) is 16.3. The highest BCUT2D eigenvalue weighted by Gasteiger charge is 2.42. The summed E-state index contributed by atoms with van der Waals surface area (Å²) >= 11 is 0. The summed E-state index contributed by atoms with van der Waals surface area (Å²) in [5.74, 6) is 1.83. The lowest BCUT2D eigenvalue weighted by molar-refractivity contribution is -0.573. The highest BCUT2D eigenvalue weighted by Crippen LogP contribution is 2.30. The van der Waals surface area contributed by atoms with Gasteiger partial charge in [-0.1, -0.05) is 24.3 Å². The highest BCUT2D eigenvalue weighted by atomic mass is 16.5. The van der Waals surface area contributed by atoms with Gasteiger partial charge in [-0.15, -0.1) is 0 Å². The highest BCUT2D eigenvalue weighted by molar-refractivity contribution is 5.52. The Kier molecular flexibility index (Phi) is 5.33. The van der Waals surface area contributed by atoms with Crippen molar-refractivity contribution in [3.8, 4) is 11.5 Å². The van der Waals surface area contributed by atoms with Crippen LogP contribution in [-0.2, 0) is 13.1 Å². The van der Waals surface area contributed by atoms with Crippen molar-refractivity contribution in [2.75, 3.05) is 14.2 Å². The van der Waals surface area contributed by atoms with Crippen LogP contribution in [0, 0.1) is 0 Å². The summed E-state index contributed by atoms with van der Waals surface area (Å²) in [7, 11) is 3.43. The number of methoxy groups -OCH3 is 2. The third kappa shape index (κ3) is 3.95. The van der Waals surface area contributed by atoms with Crippen LogP contribution in [0.25, 0.3) is 0 Å². The standard InChI is InChI=1S/C23H29N2O2/c1-26-20-11-7-18(8-12-20)15-24-17-25(23-6-4-3-5-22(23)24)16-19-9-13-21(27-2)14-10-19/h7-14,17,22-23H,3-6,15-16H2,1-2H3/q+1/t22-,23-/m1/s1. The van der Waals surface area contributed by atoms with Crippen LogP contribution in [0.2, 0.25) is 0 Å². The molecule has 2 aliphatic rings. The molecule has 0 bridgehead atoms. The minimum absolute atomic E-state index is 0.624. The molecule has 27 heavy (non-hydrogen) atoms. The van der Waals surface area contributed by atoms with E-state index in [1.165, 1.54) is 36.8 Å². The van der Waals surface area contributed by atoms with Crippen LogP contribution in [0.5, 0.6) is 11.5 Å². The van der Waals surface area contributed by atoms with Gasteiger partial charge in [0.25, 0.3) is 0 Å². The number of ether oxygens (including phenoxy) is 2. The molecule has 142 valence electrons. The van der Waals surface area contributed by atoms with Crippen molar-refractivity contribution in [1.82, 2.24) is 4.90 Å². The van der Waals surface area contributed by atoms with Crippen LogP contribution < -0.4 is 9.47 Å². The van der Waals surface area contributed by atoms with Gasteiger partial charge in [0, 0.05) is 0 Å². The van der Waals surface area contributed by atoms with Crippen molar-refractivity contribution in [2.24, 2.45) is 0 Å². The predicted molar refractivity (Wildman–Crippen MR) is 108 cm³/mol. The van der Waals surface area contributed by atoms with Gasteiger partial charge in [0.05, 0.1) is 14.2 Å². The molecule has 0 radical (unpaired) electrons. The molecule has 0 aromatic heterocycles. The van der Waals surface area contributed by atoms with E-state index in [0.717, 1.165) is 24.6 Å². The fourth-order valence-corrected chi connectivity index (χ4v) is 4.43. The molecular formula is C23H29N2O2+. The number of rotatable bonds is 6. The SMILES string of the molecule is COc1ccc(CN2C=[N+](Cc3ccc(OC)cc3)[C@@H]3CCCC[C@H]32)cc1. The van der Waals surface area contributed by atoms with Crippen LogP contribution in [0.1, 0.15) is 36.8 Å². The van der Waals surface area contributed by atoms with Crippen molar-refractivity contribution < 1.29 is 14.0 Å². The van der Waals surface area contributed by atoms with Crippen LogP contribution in [0.3, 0.4) is 0 Å². The van der Waals surface area contributed by atoms with Gasteiger partial charge in [0.15, 0.2) is 0 Å². The lowest BCUT2D eigenvalue weighted by Crippen LogP contribution is -2.40. The third-order valence-corrected chi connectivity index (χ3v) is 5.89. The maximum Gasteiger partial charge on any atom is 0.235 e. The van der Waals surface area contributed by atoms with E-state index in [4.69, 9.17) is 9.47 Å². The Balaban J connectivity index is 1.51. The van der Waals surface area contributed by atoms with Crippen molar-refractivity contribution in [2.45, 2.75) is 50.9 Å². The molecule has 1 aliphatic heterocycles. The lowest BCUT2D eigenvalue weighted by atomic mass is 9.90. The van der Waals surface area contributed by atoms with Gasteiger partial charge in [-0.3, -0.25) is 9.48 Å². The smallest absolute Gasteiger partial charge is 0.235 e. The molecule has 1 saturated carbocycles. The first-order valence-corrected chi connectivity index (χ1v) is 9.89. The van der Waals surface area contributed by atoms with Crippen LogP contribution in [0.15, 0.2) is 48.5 Å². The Morgan fingerprint density at radius 3 is 2.07 bits per heavy atom. The summed E-state index contributed by atoms with van der Waals surface area (Å²) < 4.78 is 13.1. The molecule has 0 unspecified atom stereocenters. The first kappa shape index (κ1) is 17.9. The summed E-state index contributed by atoms with van der Waals surface area (Å²) in [4.78, 5) is 2.55. The van der Waals surface area contributed by atoms with Gasteiger partial charge < -0.3 is 9.47 Å². The number of hydrogen-bond donors (Lipinski definition) is 0. The first-order chi connectivity index (χ1) is 13.3. The molecule has 1 heterocycles. The van der Waals surface area contributed by atoms with Gasteiger partial charge in [-0.05, 0) is 61.1 Å². The second-order valence-corrected chi connectivity index (χ2v) is 7.58. The molecule has 0 saturated heterocycles. The number of nitrogens with zero attached hydrogens (tertiary/aromatic N) is 2. The zero-order valence-electron chi connectivity index (χ0n) is 16.3. The average molecular weight is 365 g/mol. The normalized spacial score (nSPS) is 21.6. The van der Waals surface area contributed by atoms with Gasteiger partial charge in [0.1, 0.15) is 36.7 Å². The van der Waals surface area contributed by atoms with Crippen molar-refractivity contribution >= 4 is 6.34 Å². The number of hydrogen-bond acceptors (Lipinski definition) is 3.